The minimum atomic E-state index is -5.03. The van der Waals surface area contributed by atoms with Gasteiger partial charge in [0.25, 0.3) is 5.91 Å². The zero-order chi connectivity index (χ0) is 21.9. The lowest BCUT2D eigenvalue weighted by atomic mass is 10.2. The fraction of sp³-hybridized carbons (Fsp3) is 0.100. The molecule has 2 aromatic carbocycles. The van der Waals surface area contributed by atoms with Gasteiger partial charge < -0.3 is 20.5 Å². The van der Waals surface area contributed by atoms with Crippen molar-refractivity contribution in [3.8, 4) is 17.2 Å². The van der Waals surface area contributed by atoms with E-state index < -0.39 is 29.6 Å². The quantitative estimate of drug-likeness (QED) is 0.563. The van der Waals surface area contributed by atoms with Gasteiger partial charge in [0.1, 0.15) is 11.6 Å². The molecule has 0 saturated heterocycles. The molecule has 1 heterocycles. The Hall–Kier alpha value is -3.82. The highest BCUT2D eigenvalue weighted by Crippen LogP contribution is 2.33. The van der Waals surface area contributed by atoms with Gasteiger partial charge in [-0.05, 0) is 55.5 Å². The third-order valence-electron chi connectivity index (χ3n) is 3.80. The summed E-state index contributed by atoms with van der Waals surface area (Å²) >= 11 is 0. The highest BCUT2D eigenvalue weighted by Gasteiger charge is 2.33. The van der Waals surface area contributed by atoms with Crippen LogP contribution in [0.1, 0.15) is 16.1 Å². The second-order valence-electron chi connectivity index (χ2n) is 6.08. The summed E-state index contributed by atoms with van der Waals surface area (Å²) in [6, 6.07) is 12.1. The van der Waals surface area contributed by atoms with Crippen molar-refractivity contribution in [3.63, 3.8) is 0 Å². The molecule has 0 aliphatic rings. The molecule has 1 aromatic heterocycles. The molecule has 6 nitrogen and oxygen atoms in total. The van der Waals surface area contributed by atoms with Gasteiger partial charge in [0.05, 0.1) is 5.56 Å². The maximum Gasteiger partial charge on any atom is 0.573 e. The Morgan fingerprint density at radius 3 is 2.33 bits per heavy atom. The third-order valence-corrected chi connectivity index (χ3v) is 3.80. The minimum absolute atomic E-state index is 0.0869. The summed E-state index contributed by atoms with van der Waals surface area (Å²) in [6.45, 7) is 1.74. The van der Waals surface area contributed by atoms with Crippen molar-refractivity contribution in [1.29, 1.82) is 0 Å². The Kier molecular flexibility index (Phi) is 5.77. The number of benzene rings is 2. The molecule has 0 unspecified atom stereocenters. The maximum absolute atomic E-state index is 14.2. The van der Waals surface area contributed by atoms with Crippen LogP contribution in [0, 0.1) is 12.7 Å². The number of nitrogen functional groups attached to an aromatic ring is 1. The van der Waals surface area contributed by atoms with Gasteiger partial charge in [0.15, 0.2) is 11.5 Å². The number of nitrogens with zero attached hydrogens (tertiary/aromatic N) is 1. The summed E-state index contributed by atoms with van der Waals surface area (Å²) in [6.07, 6.45) is -5.03. The van der Waals surface area contributed by atoms with Crippen LogP contribution in [0.25, 0.3) is 0 Å². The number of carbonyl (C=O) groups is 1. The predicted molar refractivity (Wildman–Crippen MR) is 101 cm³/mol. The zero-order valence-corrected chi connectivity index (χ0v) is 15.5. The Balaban J connectivity index is 1.71. The van der Waals surface area contributed by atoms with Gasteiger partial charge in [-0.25, -0.2) is 4.98 Å². The lowest BCUT2D eigenvalue weighted by Gasteiger charge is -2.13. The molecule has 3 rings (SSSR count). The van der Waals surface area contributed by atoms with Crippen LogP contribution in [0.15, 0.2) is 54.6 Å². The first-order valence-electron chi connectivity index (χ1n) is 8.49. The van der Waals surface area contributed by atoms with E-state index in [2.05, 4.69) is 15.0 Å². The summed E-state index contributed by atoms with van der Waals surface area (Å²) < 4.78 is 60.0. The van der Waals surface area contributed by atoms with Crippen LogP contribution in [0.4, 0.5) is 29.1 Å². The van der Waals surface area contributed by atoms with Crippen LogP contribution in [-0.4, -0.2) is 17.3 Å². The van der Waals surface area contributed by atoms with Crippen LogP contribution in [0.3, 0.4) is 0 Å². The van der Waals surface area contributed by atoms with Crippen molar-refractivity contribution in [3.05, 3.63) is 71.7 Å². The topological polar surface area (TPSA) is 86.5 Å². The molecule has 0 fully saturated rings. The van der Waals surface area contributed by atoms with E-state index in [1.54, 1.807) is 19.1 Å². The van der Waals surface area contributed by atoms with Crippen molar-refractivity contribution < 1.29 is 31.8 Å². The Bertz CT molecular complexity index is 1070. The molecule has 3 N–H and O–H groups in total. The van der Waals surface area contributed by atoms with Gasteiger partial charge in [-0.3, -0.25) is 4.79 Å². The molecule has 3 aromatic rings. The van der Waals surface area contributed by atoms with Gasteiger partial charge in [0.2, 0.25) is 5.82 Å². The lowest BCUT2D eigenvalue weighted by Crippen LogP contribution is -2.18. The molecule has 0 saturated carbocycles. The number of rotatable bonds is 5. The molecule has 0 aliphatic carbocycles. The number of nitrogens with two attached hydrogens (primary N) is 1. The number of carbonyl (C=O) groups excluding carboxylic acids is 1. The average molecular weight is 421 g/mol. The van der Waals surface area contributed by atoms with E-state index in [1.165, 1.54) is 24.3 Å². The van der Waals surface area contributed by atoms with E-state index in [0.29, 0.717) is 11.4 Å². The monoisotopic (exact) mass is 421 g/mol. The van der Waals surface area contributed by atoms with Crippen LogP contribution < -0.4 is 20.5 Å². The molecule has 0 atom stereocenters. The van der Waals surface area contributed by atoms with E-state index in [4.69, 9.17) is 10.5 Å². The molecule has 0 radical (unpaired) electrons. The molecule has 0 bridgehead atoms. The average Bonchev–Trinajstić information content (AvgIpc) is 2.65. The molecule has 0 spiro atoms. The number of hydrogen-bond donors (Lipinski definition) is 2. The van der Waals surface area contributed by atoms with Crippen LogP contribution in [0.2, 0.25) is 0 Å². The Labute approximate surface area is 168 Å². The highest BCUT2D eigenvalue weighted by atomic mass is 19.4. The number of aromatic nitrogens is 1. The SMILES string of the molecule is Cc1ccc(C(=O)Nc2ccc(Oc3cccc(OC(F)(F)F)c3F)cc2)c(N)n1. The van der Waals surface area contributed by atoms with Crippen LogP contribution in [-0.2, 0) is 0 Å². The second-order valence-corrected chi connectivity index (χ2v) is 6.08. The first-order chi connectivity index (χ1) is 14.1. The first-order valence-corrected chi connectivity index (χ1v) is 8.49. The molecular weight excluding hydrogens is 406 g/mol. The summed E-state index contributed by atoms with van der Waals surface area (Å²) in [5.74, 6) is -3.01. The number of hydrogen-bond acceptors (Lipinski definition) is 5. The summed E-state index contributed by atoms with van der Waals surface area (Å²) in [5, 5.41) is 2.62. The molecule has 10 heteroatoms. The Morgan fingerprint density at radius 2 is 1.70 bits per heavy atom. The van der Waals surface area contributed by atoms with Crippen molar-refractivity contribution in [2.24, 2.45) is 0 Å². The van der Waals surface area contributed by atoms with Crippen molar-refractivity contribution in [1.82, 2.24) is 4.98 Å². The van der Waals surface area contributed by atoms with E-state index >= 15 is 0 Å². The fourth-order valence-electron chi connectivity index (χ4n) is 2.47. The molecule has 30 heavy (non-hydrogen) atoms. The largest absolute Gasteiger partial charge is 0.573 e. The number of anilines is 2. The normalized spacial score (nSPS) is 11.1. The zero-order valence-electron chi connectivity index (χ0n) is 15.5. The number of alkyl halides is 3. The van der Waals surface area contributed by atoms with Crippen molar-refractivity contribution in [2.75, 3.05) is 11.1 Å². The van der Waals surface area contributed by atoms with Gasteiger partial charge in [-0.1, -0.05) is 6.07 Å². The number of aryl methyl sites for hydroxylation is 1. The van der Waals surface area contributed by atoms with E-state index in [0.717, 1.165) is 18.2 Å². The molecular formula is C20H15F4N3O3. The molecule has 0 aliphatic heterocycles. The number of halogens is 4. The van der Waals surface area contributed by atoms with Gasteiger partial charge in [-0.15, -0.1) is 13.2 Å². The lowest BCUT2D eigenvalue weighted by molar-refractivity contribution is -0.275. The smallest absolute Gasteiger partial charge is 0.454 e. The molecule has 156 valence electrons. The van der Waals surface area contributed by atoms with Crippen LogP contribution in [0.5, 0.6) is 17.2 Å². The van der Waals surface area contributed by atoms with E-state index in [1.807, 2.05) is 0 Å². The van der Waals surface area contributed by atoms with E-state index in [9.17, 15) is 22.4 Å². The van der Waals surface area contributed by atoms with E-state index in [-0.39, 0.29) is 17.1 Å². The predicted octanol–water partition coefficient (Wildman–Crippen LogP) is 5.05. The third kappa shape index (κ3) is 5.16. The maximum atomic E-state index is 14.2. The number of pyridine rings is 1. The van der Waals surface area contributed by atoms with Crippen LogP contribution >= 0.6 is 0 Å². The second kappa shape index (κ2) is 8.27. The fourth-order valence-corrected chi connectivity index (χ4v) is 2.47. The first kappa shape index (κ1) is 20.9. The van der Waals surface area contributed by atoms with Crippen molar-refractivity contribution in [2.45, 2.75) is 13.3 Å². The summed E-state index contributed by atoms with van der Waals surface area (Å²) in [7, 11) is 0. The molecule has 1 amide bonds. The van der Waals surface area contributed by atoms with Gasteiger partial charge in [-0.2, -0.15) is 4.39 Å². The van der Waals surface area contributed by atoms with Gasteiger partial charge >= 0.3 is 6.36 Å². The number of nitrogens with one attached hydrogen (secondary N) is 1. The Morgan fingerprint density at radius 1 is 1.03 bits per heavy atom. The number of ether oxygens (including phenoxy) is 2. The number of amides is 1. The summed E-state index contributed by atoms with van der Waals surface area (Å²) in [4.78, 5) is 16.3. The highest BCUT2D eigenvalue weighted by molar-refractivity contribution is 6.07. The minimum Gasteiger partial charge on any atom is -0.454 e. The van der Waals surface area contributed by atoms with Crippen molar-refractivity contribution >= 4 is 17.4 Å². The van der Waals surface area contributed by atoms with Gasteiger partial charge in [0, 0.05) is 11.4 Å². The summed E-state index contributed by atoms with van der Waals surface area (Å²) in [5.41, 5.74) is 7.00. The standard InChI is InChI=1S/C20H15F4N3O3/c1-11-5-10-14(18(25)26-11)19(28)27-12-6-8-13(9-7-12)29-15-3-2-4-16(17(15)21)30-20(22,23)24/h2-10H,1H3,(H2,25,26)(H,27,28).